The lowest BCUT2D eigenvalue weighted by Gasteiger charge is -2.15. The van der Waals surface area contributed by atoms with Crippen molar-refractivity contribution in [3.8, 4) is 0 Å². The molecule has 2 N–H and O–H groups in total. The van der Waals surface area contributed by atoms with Gasteiger partial charge in [-0.25, -0.2) is 0 Å². The van der Waals surface area contributed by atoms with Crippen molar-refractivity contribution in [1.82, 2.24) is 5.32 Å². The van der Waals surface area contributed by atoms with Gasteiger partial charge in [0, 0.05) is 6.54 Å². The minimum Gasteiger partial charge on any atom is -0.481 e. The maximum absolute atomic E-state index is 12.2. The number of hydrogen-bond donors (Lipinski definition) is 2. The van der Waals surface area contributed by atoms with E-state index in [1.807, 2.05) is 38.1 Å². The van der Waals surface area contributed by atoms with E-state index in [1.54, 1.807) is 0 Å². The predicted molar refractivity (Wildman–Crippen MR) is 76.0 cm³/mol. The van der Waals surface area contributed by atoms with Gasteiger partial charge < -0.3 is 10.4 Å². The Morgan fingerprint density at radius 2 is 1.80 bits per heavy atom. The number of carboxylic acids is 1. The number of nitrogens with one attached hydrogen (secondary N) is 1. The van der Waals surface area contributed by atoms with Crippen molar-refractivity contribution in [3.05, 3.63) is 35.4 Å². The topological polar surface area (TPSA) is 66.4 Å². The highest BCUT2D eigenvalue weighted by Gasteiger charge is 2.40. The molecule has 1 amide bonds. The van der Waals surface area contributed by atoms with Crippen molar-refractivity contribution in [2.75, 3.05) is 0 Å². The third-order valence-corrected chi connectivity index (χ3v) is 4.04. The molecule has 4 nitrogen and oxygen atoms in total. The summed E-state index contributed by atoms with van der Waals surface area (Å²) in [5.74, 6) is -1.63. The molecule has 3 unspecified atom stereocenters. The van der Waals surface area contributed by atoms with Crippen LogP contribution in [0.15, 0.2) is 24.3 Å². The molecule has 1 aliphatic rings. The molecular formula is C16H21NO3. The SMILES string of the molecule is Cc1ccc(CNC(=O)C2CC(C)CC2C(=O)O)cc1. The Labute approximate surface area is 119 Å². The van der Waals surface area contributed by atoms with E-state index in [0.29, 0.717) is 25.3 Å². The minimum atomic E-state index is -0.857. The molecule has 0 radical (unpaired) electrons. The molecule has 108 valence electrons. The summed E-state index contributed by atoms with van der Waals surface area (Å²) < 4.78 is 0. The van der Waals surface area contributed by atoms with Crippen LogP contribution in [-0.4, -0.2) is 17.0 Å². The molecule has 0 aliphatic heterocycles. The lowest BCUT2D eigenvalue weighted by atomic mass is 9.95. The Morgan fingerprint density at radius 1 is 1.20 bits per heavy atom. The number of rotatable bonds is 4. The zero-order chi connectivity index (χ0) is 14.7. The first-order valence-electron chi connectivity index (χ1n) is 7.03. The molecule has 2 rings (SSSR count). The van der Waals surface area contributed by atoms with Crippen molar-refractivity contribution >= 4 is 11.9 Å². The van der Waals surface area contributed by atoms with E-state index in [-0.39, 0.29) is 5.91 Å². The largest absolute Gasteiger partial charge is 0.481 e. The first kappa shape index (κ1) is 14.6. The van der Waals surface area contributed by atoms with Gasteiger partial charge in [0.15, 0.2) is 0 Å². The fourth-order valence-electron chi connectivity index (χ4n) is 2.88. The van der Waals surface area contributed by atoms with Crippen LogP contribution in [0.2, 0.25) is 0 Å². The van der Waals surface area contributed by atoms with Crippen LogP contribution in [0.4, 0.5) is 0 Å². The standard InChI is InChI=1S/C16H21NO3/c1-10-3-5-12(6-4-10)9-17-15(18)13-7-11(2)8-14(13)16(19)20/h3-6,11,13-14H,7-9H2,1-2H3,(H,17,18)(H,19,20). The van der Waals surface area contributed by atoms with Gasteiger partial charge in [-0.1, -0.05) is 36.8 Å². The smallest absolute Gasteiger partial charge is 0.307 e. The summed E-state index contributed by atoms with van der Waals surface area (Å²) in [4.78, 5) is 23.4. The molecule has 0 bridgehead atoms. The second-order valence-corrected chi connectivity index (χ2v) is 5.83. The van der Waals surface area contributed by atoms with Crippen LogP contribution in [0, 0.1) is 24.7 Å². The van der Waals surface area contributed by atoms with Crippen LogP contribution in [0.3, 0.4) is 0 Å². The van der Waals surface area contributed by atoms with E-state index in [4.69, 9.17) is 0 Å². The Balaban J connectivity index is 1.94. The number of carbonyl (C=O) groups is 2. The normalized spacial score (nSPS) is 25.4. The Bertz CT molecular complexity index is 495. The summed E-state index contributed by atoms with van der Waals surface area (Å²) in [6, 6.07) is 7.95. The first-order valence-corrected chi connectivity index (χ1v) is 7.03. The molecular weight excluding hydrogens is 254 g/mol. The Hall–Kier alpha value is -1.84. The Morgan fingerprint density at radius 3 is 2.40 bits per heavy atom. The molecule has 0 saturated heterocycles. The molecule has 1 fully saturated rings. The monoisotopic (exact) mass is 275 g/mol. The van der Waals surface area contributed by atoms with Crippen LogP contribution < -0.4 is 5.32 Å². The van der Waals surface area contributed by atoms with Gasteiger partial charge in [0.25, 0.3) is 0 Å². The molecule has 4 heteroatoms. The summed E-state index contributed by atoms with van der Waals surface area (Å²) in [6.07, 6.45) is 1.26. The summed E-state index contributed by atoms with van der Waals surface area (Å²) in [7, 11) is 0. The van der Waals surface area contributed by atoms with Gasteiger partial charge in [-0.2, -0.15) is 0 Å². The maximum atomic E-state index is 12.2. The van der Waals surface area contributed by atoms with Gasteiger partial charge in [0.1, 0.15) is 0 Å². The van der Waals surface area contributed by atoms with Crippen molar-refractivity contribution in [2.45, 2.75) is 33.2 Å². The summed E-state index contributed by atoms with van der Waals surface area (Å²) in [5, 5.41) is 12.0. The lowest BCUT2D eigenvalue weighted by Crippen LogP contribution is -2.34. The van der Waals surface area contributed by atoms with Crippen LogP contribution >= 0.6 is 0 Å². The van der Waals surface area contributed by atoms with Crippen molar-refractivity contribution in [1.29, 1.82) is 0 Å². The zero-order valence-electron chi connectivity index (χ0n) is 11.9. The summed E-state index contributed by atoms with van der Waals surface area (Å²) >= 11 is 0. The van der Waals surface area contributed by atoms with Gasteiger partial charge in [-0.05, 0) is 31.2 Å². The molecule has 1 saturated carbocycles. The maximum Gasteiger partial charge on any atom is 0.307 e. The molecule has 3 atom stereocenters. The van der Waals surface area contributed by atoms with E-state index in [9.17, 15) is 14.7 Å². The average molecular weight is 275 g/mol. The third kappa shape index (κ3) is 3.38. The van der Waals surface area contributed by atoms with Crippen molar-refractivity contribution in [3.63, 3.8) is 0 Å². The number of benzene rings is 1. The lowest BCUT2D eigenvalue weighted by molar-refractivity contribution is -0.146. The van der Waals surface area contributed by atoms with Gasteiger partial charge in [0.05, 0.1) is 11.8 Å². The van der Waals surface area contributed by atoms with E-state index >= 15 is 0 Å². The van der Waals surface area contributed by atoms with Gasteiger partial charge in [0.2, 0.25) is 5.91 Å². The van der Waals surface area contributed by atoms with Crippen LogP contribution in [-0.2, 0) is 16.1 Å². The number of hydrogen-bond acceptors (Lipinski definition) is 2. The highest BCUT2D eigenvalue weighted by Crippen LogP contribution is 2.36. The fraction of sp³-hybridized carbons (Fsp3) is 0.500. The van der Waals surface area contributed by atoms with E-state index in [0.717, 1.165) is 5.56 Å². The molecule has 1 aliphatic carbocycles. The van der Waals surface area contributed by atoms with E-state index in [2.05, 4.69) is 5.32 Å². The predicted octanol–water partition coefficient (Wildman–Crippen LogP) is 2.36. The average Bonchev–Trinajstić information content (AvgIpc) is 2.80. The molecule has 20 heavy (non-hydrogen) atoms. The highest BCUT2D eigenvalue weighted by molar-refractivity contribution is 5.85. The van der Waals surface area contributed by atoms with E-state index < -0.39 is 17.8 Å². The summed E-state index contributed by atoms with van der Waals surface area (Å²) in [5.41, 5.74) is 2.21. The number of amides is 1. The number of aliphatic carboxylic acids is 1. The van der Waals surface area contributed by atoms with Crippen LogP contribution in [0.5, 0.6) is 0 Å². The fourth-order valence-corrected chi connectivity index (χ4v) is 2.88. The van der Waals surface area contributed by atoms with Gasteiger partial charge >= 0.3 is 5.97 Å². The molecule has 0 spiro atoms. The zero-order valence-corrected chi connectivity index (χ0v) is 11.9. The molecule has 0 aromatic heterocycles. The first-order chi connectivity index (χ1) is 9.47. The minimum absolute atomic E-state index is 0.137. The van der Waals surface area contributed by atoms with Crippen molar-refractivity contribution in [2.24, 2.45) is 17.8 Å². The highest BCUT2D eigenvalue weighted by atomic mass is 16.4. The van der Waals surface area contributed by atoms with Crippen LogP contribution in [0.1, 0.15) is 30.9 Å². The second-order valence-electron chi connectivity index (χ2n) is 5.83. The number of aryl methyl sites for hydroxylation is 1. The van der Waals surface area contributed by atoms with Gasteiger partial charge in [-0.15, -0.1) is 0 Å². The third-order valence-electron chi connectivity index (χ3n) is 4.04. The molecule has 1 aromatic carbocycles. The quantitative estimate of drug-likeness (QED) is 0.886. The number of carbonyl (C=O) groups excluding carboxylic acids is 1. The summed E-state index contributed by atoms with van der Waals surface area (Å²) in [6.45, 7) is 4.47. The second kappa shape index (κ2) is 6.07. The van der Waals surface area contributed by atoms with Crippen molar-refractivity contribution < 1.29 is 14.7 Å². The van der Waals surface area contributed by atoms with Crippen LogP contribution in [0.25, 0.3) is 0 Å². The van der Waals surface area contributed by atoms with Gasteiger partial charge in [-0.3, -0.25) is 9.59 Å². The Kier molecular flexibility index (Phi) is 4.42. The molecule has 0 heterocycles. The molecule has 1 aromatic rings. The number of carboxylic acid groups (broad SMARTS) is 1. The van der Waals surface area contributed by atoms with E-state index in [1.165, 1.54) is 5.56 Å².